The third kappa shape index (κ3) is 2.08. The van der Waals surface area contributed by atoms with Gasteiger partial charge in [-0.3, -0.25) is 19.5 Å². The van der Waals surface area contributed by atoms with E-state index in [4.69, 9.17) is 11.6 Å². The summed E-state index contributed by atoms with van der Waals surface area (Å²) in [5, 5.41) is 0. The van der Waals surface area contributed by atoms with Crippen molar-refractivity contribution in [3.63, 3.8) is 0 Å². The quantitative estimate of drug-likeness (QED) is 0.644. The largest absolute Gasteiger partial charge is 0.269 e. The van der Waals surface area contributed by atoms with Gasteiger partial charge in [0.15, 0.2) is 0 Å². The Morgan fingerprint density at radius 2 is 1.50 bits per heavy atom. The van der Waals surface area contributed by atoms with Crippen molar-refractivity contribution in [2.45, 2.75) is 12.4 Å². The highest BCUT2D eigenvalue weighted by atomic mass is 35.5. The first-order valence-electron chi connectivity index (χ1n) is 6.16. The van der Waals surface area contributed by atoms with Gasteiger partial charge >= 0.3 is 0 Å². The SMILES string of the molecule is O=C1c2ccccc2C(=O)N1Cc1cccc(CCl)n1. The normalized spacial score (nSPS) is 13.8. The van der Waals surface area contributed by atoms with E-state index in [0.717, 1.165) is 5.69 Å². The van der Waals surface area contributed by atoms with Crippen LogP contribution in [0.4, 0.5) is 0 Å². The van der Waals surface area contributed by atoms with Gasteiger partial charge in [-0.1, -0.05) is 18.2 Å². The summed E-state index contributed by atoms with van der Waals surface area (Å²) in [6.45, 7) is 0.164. The molecule has 1 aliphatic rings. The van der Waals surface area contributed by atoms with Crippen LogP contribution in [0.5, 0.6) is 0 Å². The molecule has 20 heavy (non-hydrogen) atoms. The Balaban J connectivity index is 1.89. The van der Waals surface area contributed by atoms with Gasteiger partial charge in [-0.25, -0.2) is 0 Å². The number of benzene rings is 1. The van der Waals surface area contributed by atoms with Gasteiger partial charge in [0.1, 0.15) is 0 Å². The lowest BCUT2D eigenvalue weighted by atomic mass is 10.1. The molecular weight excluding hydrogens is 276 g/mol. The van der Waals surface area contributed by atoms with Crippen LogP contribution in [0, 0.1) is 0 Å². The van der Waals surface area contributed by atoms with E-state index in [1.807, 2.05) is 6.07 Å². The number of halogens is 1. The van der Waals surface area contributed by atoms with E-state index < -0.39 is 0 Å². The fraction of sp³-hybridized carbons (Fsp3) is 0.133. The van der Waals surface area contributed by atoms with Gasteiger partial charge in [-0.2, -0.15) is 0 Å². The maximum absolute atomic E-state index is 12.2. The van der Waals surface area contributed by atoms with Crippen molar-refractivity contribution in [1.29, 1.82) is 0 Å². The maximum atomic E-state index is 12.2. The first-order chi connectivity index (χ1) is 9.70. The van der Waals surface area contributed by atoms with Crippen LogP contribution in [-0.4, -0.2) is 21.7 Å². The number of alkyl halides is 1. The number of amides is 2. The monoisotopic (exact) mass is 286 g/mol. The number of carbonyl (C=O) groups is 2. The first kappa shape index (κ1) is 12.8. The van der Waals surface area contributed by atoms with Crippen molar-refractivity contribution in [3.8, 4) is 0 Å². The van der Waals surface area contributed by atoms with Crippen LogP contribution in [0.1, 0.15) is 32.1 Å². The first-order valence-corrected chi connectivity index (χ1v) is 6.70. The van der Waals surface area contributed by atoms with E-state index >= 15 is 0 Å². The van der Waals surface area contributed by atoms with Crippen LogP contribution in [0.2, 0.25) is 0 Å². The predicted octanol–water partition coefficient (Wildman–Crippen LogP) is 2.62. The third-order valence-electron chi connectivity index (χ3n) is 3.20. The summed E-state index contributed by atoms with van der Waals surface area (Å²) >= 11 is 5.74. The Hall–Kier alpha value is -2.20. The molecule has 0 fully saturated rings. The molecule has 2 aromatic rings. The fourth-order valence-corrected chi connectivity index (χ4v) is 2.39. The molecule has 0 saturated heterocycles. The number of nitrogens with zero attached hydrogens (tertiary/aromatic N) is 2. The van der Waals surface area contributed by atoms with Crippen molar-refractivity contribution in [2.75, 3.05) is 0 Å². The number of hydrogen-bond donors (Lipinski definition) is 0. The molecule has 1 aliphatic heterocycles. The van der Waals surface area contributed by atoms with Gasteiger partial charge in [0.25, 0.3) is 11.8 Å². The molecule has 2 heterocycles. The predicted molar refractivity (Wildman–Crippen MR) is 74.4 cm³/mol. The summed E-state index contributed by atoms with van der Waals surface area (Å²) in [5.41, 5.74) is 2.27. The molecule has 0 bridgehead atoms. The summed E-state index contributed by atoms with van der Waals surface area (Å²) in [7, 11) is 0. The van der Waals surface area contributed by atoms with Crippen molar-refractivity contribution in [2.24, 2.45) is 0 Å². The lowest BCUT2D eigenvalue weighted by molar-refractivity contribution is 0.0640. The van der Waals surface area contributed by atoms with Crippen LogP contribution < -0.4 is 0 Å². The Labute approximate surface area is 121 Å². The average molecular weight is 287 g/mol. The van der Waals surface area contributed by atoms with E-state index in [0.29, 0.717) is 22.7 Å². The molecule has 5 heteroatoms. The lowest BCUT2D eigenvalue weighted by Gasteiger charge is -2.13. The number of imide groups is 1. The van der Waals surface area contributed by atoms with E-state index in [2.05, 4.69) is 4.98 Å². The number of rotatable bonds is 3. The molecule has 0 atom stereocenters. The van der Waals surface area contributed by atoms with Crippen LogP contribution >= 0.6 is 11.6 Å². The molecule has 1 aromatic carbocycles. The Kier molecular flexibility index (Phi) is 3.24. The molecule has 0 aliphatic carbocycles. The van der Waals surface area contributed by atoms with Crippen LogP contribution in [0.3, 0.4) is 0 Å². The summed E-state index contributed by atoms with van der Waals surface area (Å²) in [4.78, 5) is 30.0. The van der Waals surface area contributed by atoms with Gasteiger partial charge < -0.3 is 0 Å². The van der Waals surface area contributed by atoms with E-state index in [-0.39, 0.29) is 18.4 Å². The molecule has 0 radical (unpaired) electrons. The molecule has 0 spiro atoms. The second kappa shape index (κ2) is 5.06. The highest BCUT2D eigenvalue weighted by molar-refractivity contribution is 6.21. The second-order valence-corrected chi connectivity index (χ2v) is 4.76. The van der Waals surface area contributed by atoms with Gasteiger partial charge in [-0.05, 0) is 24.3 Å². The molecule has 1 aromatic heterocycles. The molecule has 100 valence electrons. The number of pyridine rings is 1. The van der Waals surface area contributed by atoms with Crippen molar-refractivity contribution >= 4 is 23.4 Å². The van der Waals surface area contributed by atoms with Crippen molar-refractivity contribution < 1.29 is 9.59 Å². The minimum Gasteiger partial charge on any atom is -0.269 e. The number of hydrogen-bond acceptors (Lipinski definition) is 3. The summed E-state index contributed by atoms with van der Waals surface area (Å²) in [6.07, 6.45) is 0. The summed E-state index contributed by atoms with van der Waals surface area (Å²) in [6, 6.07) is 12.2. The zero-order valence-corrected chi connectivity index (χ0v) is 11.3. The van der Waals surface area contributed by atoms with Gasteiger partial charge in [0.05, 0.1) is 34.9 Å². The Bertz CT molecular complexity index is 665. The Morgan fingerprint density at radius 1 is 0.900 bits per heavy atom. The van der Waals surface area contributed by atoms with E-state index in [1.165, 1.54) is 4.90 Å². The lowest BCUT2D eigenvalue weighted by Crippen LogP contribution is -2.29. The van der Waals surface area contributed by atoms with Crippen molar-refractivity contribution in [3.05, 3.63) is 65.0 Å². The maximum Gasteiger partial charge on any atom is 0.261 e. The second-order valence-electron chi connectivity index (χ2n) is 4.50. The molecule has 4 nitrogen and oxygen atoms in total. The smallest absolute Gasteiger partial charge is 0.261 e. The topological polar surface area (TPSA) is 50.3 Å². The highest BCUT2D eigenvalue weighted by Crippen LogP contribution is 2.23. The summed E-state index contributed by atoms with van der Waals surface area (Å²) < 4.78 is 0. The van der Waals surface area contributed by atoms with Crippen molar-refractivity contribution in [1.82, 2.24) is 9.88 Å². The molecule has 0 N–H and O–H groups in total. The van der Waals surface area contributed by atoms with Gasteiger partial charge in [-0.15, -0.1) is 11.6 Å². The number of fused-ring (bicyclic) bond motifs is 1. The summed E-state index contributed by atoms with van der Waals surface area (Å²) in [5.74, 6) is -0.247. The number of aromatic nitrogens is 1. The van der Waals surface area contributed by atoms with E-state index in [9.17, 15) is 9.59 Å². The van der Waals surface area contributed by atoms with Gasteiger partial charge in [0, 0.05) is 0 Å². The van der Waals surface area contributed by atoms with Crippen LogP contribution in [0.25, 0.3) is 0 Å². The molecule has 2 amide bonds. The van der Waals surface area contributed by atoms with Crippen LogP contribution in [0.15, 0.2) is 42.5 Å². The Morgan fingerprint density at radius 3 is 2.10 bits per heavy atom. The van der Waals surface area contributed by atoms with Gasteiger partial charge in [0.2, 0.25) is 0 Å². The fourth-order valence-electron chi connectivity index (χ4n) is 2.24. The molecule has 0 unspecified atom stereocenters. The molecule has 3 rings (SSSR count). The molecule has 0 saturated carbocycles. The minimum atomic E-state index is -0.274. The third-order valence-corrected chi connectivity index (χ3v) is 3.47. The van der Waals surface area contributed by atoms with Crippen LogP contribution in [-0.2, 0) is 12.4 Å². The average Bonchev–Trinajstić information content (AvgIpc) is 2.73. The zero-order chi connectivity index (χ0) is 14.1. The highest BCUT2D eigenvalue weighted by Gasteiger charge is 2.35. The number of carbonyl (C=O) groups excluding carboxylic acids is 2. The zero-order valence-electron chi connectivity index (χ0n) is 10.5. The standard InChI is InChI=1S/C15H11ClN2O2/c16-8-10-4-3-5-11(17-10)9-18-14(19)12-6-1-2-7-13(12)15(18)20/h1-7H,8-9H2. The molecular formula is C15H11ClN2O2. The minimum absolute atomic E-state index is 0.164. The van der Waals surface area contributed by atoms with E-state index in [1.54, 1.807) is 36.4 Å².